The molecule has 1 fully saturated rings. The highest BCUT2D eigenvalue weighted by Crippen LogP contribution is 2.33. The van der Waals surface area contributed by atoms with Crippen molar-refractivity contribution in [2.45, 2.75) is 26.3 Å². The standard InChI is InChI=1S/C18H25N7O3S/c1-4-28-16-14(13-9-19-20-10-13)5-8-25-17(16)22-18(23-25)21-15-6-7-24(11-12(15)2)29(3,26)27/h5,8-10,12,15H,4,6-7,11H2,1-3H3,(H,19,20)(H,21,23)/t12-,15+/m1/s1. The summed E-state index contributed by atoms with van der Waals surface area (Å²) in [6.45, 7) is 5.44. The van der Waals surface area contributed by atoms with Crippen molar-refractivity contribution in [1.29, 1.82) is 0 Å². The zero-order chi connectivity index (χ0) is 20.6. The van der Waals surface area contributed by atoms with Crippen molar-refractivity contribution in [3.63, 3.8) is 0 Å². The number of H-pyrrole nitrogens is 1. The van der Waals surface area contributed by atoms with E-state index >= 15 is 0 Å². The minimum atomic E-state index is -3.17. The molecule has 0 aliphatic carbocycles. The monoisotopic (exact) mass is 419 g/mol. The highest BCUT2D eigenvalue weighted by Gasteiger charge is 2.31. The summed E-state index contributed by atoms with van der Waals surface area (Å²) in [6.07, 6.45) is 7.34. The topological polar surface area (TPSA) is 118 Å². The molecule has 0 aromatic carbocycles. The Morgan fingerprint density at radius 1 is 1.41 bits per heavy atom. The van der Waals surface area contributed by atoms with Crippen LogP contribution in [0.1, 0.15) is 20.3 Å². The second kappa shape index (κ2) is 7.64. The average molecular weight is 420 g/mol. The van der Waals surface area contributed by atoms with Crippen molar-refractivity contribution in [2.75, 3.05) is 31.3 Å². The summed E-state index contributed by atoms with van der Waals surface area (Å²) >= 11 is 0. The Hall–Kier alpha value is -2.66. The SMILES string of the molecule is CCOc1c(-c2cn[nH]c2)ccn2nc(N[C@H]3CCN(S(C)(=O)=O)C[C@H]3C)nc12. The molecule has 0 spiro atoms. The van der Waals surface area contributed by atoms with E-state index in [0.717, 1.165) is 11.1 Å². The van der Waals surface area contributed by atoms with Gasteiger partial charge in [0, 0.05) is 42.7 Å². The molecule has 11 heteroatoms. The molecule has 0 amide bonds. The van der Waals surface area contributed by atoms with Crippen molar-refractivity contribution < 1.29 is 13.2 Å². The Kier molecular flexibility index (Phi) is 5.17. The Morgan fingerprint density at radius 2 is 2.24 bits per heavy atom. The largest absolute Gasteiger partial charge is 0.489 e. The summed E-state index contributed by atoms with van der Waals surface area (Å²) in [6, 6.07) is 2.02. The van der Waals surface area contributed by atoms with E-state index in [1.165, 1.54) is 10.6 Å². The summed E-state index contributed by atoms with van der Waals surface area (Å²) in [4.78, 5) is 4.65. The smallest absolute Gasteiger partial charge is 0.243 e. The van der Waals surface area contributed by atoms with Crippen LogP contribution in [0.4, 0.5) is 5.95 Å². The second-order valence-corrected chi connectivity index (χ2v) is 9.30. The number of aromatic nitrogens is 5. The van der Waals surface area contributed by atoms with Crippen molar-refractivity contribution in [3.05, 3.63) is 24.7 Å². The molecule has 4 rings (SSSR count). The van der Waals surface area contributed by atoms with E-state index in [1.54, 1.807) is 16.9 Å². The van der Waals surface area contributed by atoms with Gasteiger partial charge in [-0.15, -0.1) is 5.10 Å². The summed E-state index contributed by atoms with van der Waals surface area (Å²) in [7, 11) is -3.17. The van der Waals surface area contributed by atoms with E-state index in [4.69, 9.17) is 4.74 Å². The number of pyridine rings is 1. The van der Waals surface area contributed by atoms with E-state index < -0.39 is 10.0 Å². The second-order valence-electron chi connectivity index (χ2n) is 7.32. The van der Waals surface area contributed by atoms with Crippen LogP contribution in [-0.2, 0) is 10.0 Å². The fourth-order valence-corrected chi connectivity index (χ4v) is 4.63. The van der Waals surface area contributed by atoms with Crippen molar-refractivity contribution >= 4 is 21.6 Å². The summed E-state index contributed by atoms with van der Waals surface area (Å²) in [5.41, 5.74) is 2.42. The fraction of sp³-hybridized carbons (Fsp3) is 0.500. The number of ether oxygens (including phenoxy) is 1. The van der Waals surface area contributed by atoms with Crippen LogP contribution >= 0.6 is 0 Å². The lowest BCUT2D eigenvalue weighted by Crippen LogP contribution is -2.47. The van der Waals surface area contributed by atoms with Gasteiger partial charge in [-0.2, -0.15) is 10.1 Å². The lowest BCUT2D eigenvalue weighted by molar-refractivity contribution is 0.262. The minimum Gasteiger partial charge on any atom is -0.489 e. The number of piperidine rings is 1. The van der Waals surface area contributed by atoms with Crippen LogP contribution in [0.25, 0.3) is 16.8 Å². The van der Waals surface area contributed by atoms with Crippen molar-refractivity contribution in [1.82, 2.24) is 29.1 Å². The van der Waals surface area contributed by atoms with E-state index in [0.29, 0.717) is 43.5 Å². The van der Waals surface area contributed by atoms with Gasteiger partial charge in [0.25, 0.3) is 0 Å². The Labute approximate surface area is 169 Å². The Morgan fingerprint density at radius 3 is 2.90 bits per heavy atom. The molecule has 0 bridgehead atoms. The van der Waals surface area contributed by atoms with Crippen LogP contribution in [-0.4, -0.2) is 69.5 Å². The molecule has 29 heavy (non-hydrogen) atoms. The lowest BCUT2D eigenvalue weighted by atomic mass is 9.95. The number of fused-ring (bicyclic) bond motifs is 1. The van der Waals surface area contributed by atoms with Gasteiger partial charge in [0.05, 0.1) is 19.1 Å². The lowest BCUT2D eigenvalue weighted by Gasteiger charge is -2.35. The summed E-state index contributed by atoms with van der Waals surface area (Å²) < 4.78 is 32.7. The molecule has 156 valence electrons. The zero-order valence-electron chi connectivity index (χ0n) is 16.7. The van der Waals surface area contributed by atoms with Gasteiger partial charge >= 0.3 is 0 Å². The minimum absolute atomic E-state index is 0.0919. The summed E-state index contributed by atoms with van der Waals surface area (Å²) in [5, 5.41) is 14.7. The average Bonchev–Trinajstić information content (AvgIpc) is 3.32. The first kappa shape index (κ1) is 19.6. The van der Waals surface area contributed by atoms with Crippen molar-refractivity contribution in [2.24, 2.45) is 5.92 Å². The van der Waals surface area contributed by atoms with Crippen LogP contribution in [0.5, 0.6) is 5.75 Å². The molecule has 0 radical (unpaired) electrons. The number of rotatable bonds is 6. The van der Waals surface area contributed by atoms with Gasteiger partial charge in [-0.1, -0.05) is 6.92 Å². The van der Waals surface area contributed by atoms with Gasteiger partial charge in [-0.3, -0.25) is 5.10 Å². The summed E-state index contributed by atoms with van der Waals surface area (Å²) in [5.74, 6) is 1.29. The van der Waals surface area contributed by atoms with Crippen LogP contribution in [0, 0.1) is 5.92 Å². The Bertz CT molecular complexity index is 1090. The van der Waals surface area contributed by atoms with Crippen molar-refractivity contribution in [3.8, 4) is 16.9 Å². The maximum absolute atomic E-state index is 11.8. The predicted molar refractivity (Wildman–Crippen MR) is 109 cm³/mol. The zero-order valence-corrected chi connectivity index (χ0v) is 17.5. The molecule has 1 saturated heterocycles. The van der Waals surface area contributed by atoms with E-state index in [1.807, 2.05) is 26.1 Å². The molecule has 1 aliphatic rings. The number of nitrogens with one attached hydrogen (secondary N) is 2. The maximum atomic E-state index is 11.8. The molecule has 4 heterocycles. The first-order valence-electron chi connectivity index (χ1n) is 9.59. The van der Waals surface area contributed by atoms with Gasteiger partial charge in [0.15, 0.2) is 11.4 Å². The van der Waals surface area contributed by atoms with Gasteiger partial charge in [0.2, 0.25) is 16.0 Å². The van der Waals surface area contributed by atoms with Gasteiger partial charge < -0.3 is 10.1 Å². The Balaban J connectivity index is 1.60. The number of sulfonamides is 1. The van der Waals surface area contributed by atoms with Crippen LogP contribution < -0.4 is 10.1 Å². The van der Waals surface area contributed by atoms with Gasteiger partial charge in [-0.25, -0.2) is 17.2 Å². The molecule has 0 saturated carbocycles. The third-order valence-corrected chi connectivity index (χ3v) is 6.48. The molecular formula is C18H25N7O3S. The first-order chi connectivity index (χ1) is 13.9. The van der Waals surface area contributed by atoms with Gasteiger partial charge in [-0.05, 0) is 25.3 Å². The fourth-order valence-electron chi connectivity index (χ4n) is 3.69. The molecule has 0 unspecified atom stereocenters. The third-order valence-electron chi connectivity index (χ3n) is 5.21. The van der Waals surface area contributed by atoms with E-state index in [9.17, 15) is 8.42 Å². The highest BCUT2D eigenvalue weighted by molar-refractivity contribution is 7.88. The van der Waals surface area contributed by atoms with Crippen LogP contribution in [0.2, 0.25) is 0 Å². The normalized spacial score (nSPS) is 20.8. The van der Waals surface area contributed by atoms with E-state index in [2.05, 4.69) is 25.6 Å². The maximum Gasteiger partial charge on any atom is 0.243 e. The molecule has 3 aromatic rings. The highest BCUT2D eigenvalue weighted by atomic mass is 32.2. The third kappa shape index (κ3) is 3.92. The molecule has 2 N–H and O–H groups in total. The molecule has 10 nitrogen and oxygen atoms in total. The number of anilines is 1. The molecular weight excluding hydrogens is 394 g/mol. The van der Waals surface area contributed by atoms with Gasteiger partial charge in [0.1, 0.15) is 0 Å². The molecule has 3 aromatic heterocycles. The quantitative estimate of drug-likeness (QED) is 0.623. The number of hydrogen-bond donors (Lipinski definition) is 2. The predicted octanol–water partition coefficient (Wildman–Crippen LogP) is 1.60. The van der Waals surface area contributed by atoms with E-state index in [-0.39, 0.29) is 12.0 Å². The molecule has 2 atom stereocenters. The number of hydrogen-bond acceptors (Lipinski definition) is 7. The molecule has 1 aliphatic heterocycles. The van der Waals surface area contributed by atoms with Crippen LogP contribution in [0.3, 0.4) is 0 Å². The van der Waals surface area contributed by atoms with Crippen LogP contribution in [0.15, 0.2) is 24.7 Å². The number of aromatic amines is 1. The number of nitrogens with zero attached hydrogens (tertiary/aromatic N) is 5. The first-order valence-corrected chi connectivity index (χ1v) is 11.4.